The Morgan fingerprint density at radius 3 is 2.84 bits per heavy atom. The molecule has 1 saturated carbocycles. The second kappa shape index (κ2) is 6.68. The van der Waals surface area contributed by atoms with Gasteiger partial charge in [-0.05, 0) is 39.8 Å². The van der Waals surface area contributed by atoms with Crippen LogP contribution in [0.2, 0.25) is 0 Å². The van der Waals surface area contributed by atoms with Crippen LogP contribution < -0.4 is 5.32 Å². The maximum absolute atomic E-state index is 12.0. The van der Waals surface area contributed by atoms with Gasteiger partial charge in [0, 0.05) is 25.7 Å². The van der Waals surface area contributed by atoms with Crippen LogP contribution in [0, 0.1) is 5.92 Å². The van der Waals surface area contributed by atoms with E-state index in [-0.39, 0.29) is 12.0 Å². The number of ether oxygens (including phenoxy) is 1. The predicted molar refractivity (Wildman–Crippen MR) is 75.1 cm³/mol. The lowest BCUT2D eigenvalue weighted by Crippen LogP contribution is -2.50. The van der Waals surface area contributed by atoms with Crippen molar-refractivity contribution in [3.8, 4) is 0 Å². The summed E-state index contributed by atoms with van der Waals surface area (Å²) >= 11 is 0. The van der Waals surface area contributed by atoms with Gasteiger partial charge in [0.25, 0.3) is 0 Å². The van der Waals surface area contributed by atoms with Crippen LogP contribution in [0.1, 0.15) is 19.8 Å². The summed E-state index contributed by atoms with van der Waals surface area (Å²) in [5.41, 5.74) is 0. The van der Waals surface area contributed by atoms with Gasteiger partial charge in [0.1, 0.15) is 0 Å². The number of hydrogen-bond acceptors (Lipinski definition) is 4. The van der Waals surface area contributed by atoms with E-state index in [9.17, 15) is 4.79 Å². The van der Waals surface area contributed by atoms with Crippen molar-refractivity contribution < 1.29 is 9.53 Å². The molecule has 2 fully saturated rings. The largest absolute Gasteiger partial charge is 0.374 e. The summed E-state index contributed by atoms with van der Waals surface area (Å²) in [7, 11) is 4.10. The van der Waals surface area contributed by atoms with E-state index in [4.69, 9.17) is 4.74 Å². The van der Waals surface area contributed by atoms with E-state index < -0.39 is 0 Å². The van der Waals surface area contributed by atoms with Gasteiger partial charge in [0.05, 0.1) is 19.3 Å². The minimum Gasteiger partial charge on any atom is -0.374 e. The molecule has 0 bridgehead atoms. The first kappa shape index (κ1) is 14.8. The van der Waals surface area contributed by atoms with Crippen molar-refractivity contribution in [3.05, 3.63) is 0 Å². The van der Waals surface area contributed by atoms with Gasteiger partial charge in [-0.2, -0.15) is 0 Å². The molecule has 1 aliphatic carbocycles. The summed E-state index contributed by atoms with van der Waals surface area (Å²) in [6.45, 7) is 5.97. The highest BCUT2D eigenvalue weighted by atomic mass is 16.5. The van der Waals surface area contributed by atoms with Crippen molar-refractivity contribution in [1.29, 1.82) is 0 Å². The van der Waals surface area contributed by atoms with Gasteiger partial charge < -0.3 is 15.0 Å². The number of hydrogen-bond donors (Lipinski definition) is 1. The molecule has 0 radical (unpaired) electrons. The lowest BCUT2D eigenvalue weighted by molar-refractivity contribution is -0.125. The number of amides is 1. The topological polar surface area (TPSA) is 44.8 Å². The monoisotopic (exact) mass is 269 g/mol. The molecule has 5 heteroatoms. The first-order chi connectivity index (χ1) is 9.04. The fraction of sp³-hybridized carbons (Fsp3) is 0.929. The molecule has 2 aliphatic rings. The number of nitrogens with zero attached hydrogens (tertiary/aromatic N) is 2. The quantitative estimate of drug-likeness (QED) is 0.746. The van der Waals surface area contributed by atoms with Gasteiger partial charge in [0.2, 0.25) is 5.91 Å². The lowest BCUT2D eigenvalue weighted by Gasteiger charge is -2.33. The smallest absolute Gasteiger partial charge is 0.234 e. The van der Waals surface area contributed by atoms with E-state index in [2.05, 4.69) is 22.0 Å². The van der Waals surface area contributed by atoms with Crippen LogP contribution >= 0.6 is 0 Å². The summed E-state index contributed by atoms with van der Waals surface area (Å²) in [4.78, 5) is 16.3. The maximum atomic E-state index is 12.0. The van der Waals surface area contributed by atoms with Gasteiger partial charge in [-0.1, -0.05) is 0 Å². The molecule has 0 aromatic rings. The van der Waals surface area contributed by atoms with Gasteiger partial charge in [-0.3, -0.25) is 9.69 Å². The van der Waals surface area contributed by atoms with E-state index in [1.807, 2.05) is 14.1 Å². The van der Waals surface area contributed by atoms with Crippen LogP contribution in [0.25, 0.3) is 0 Å². The Hall–Kier alpha value is -0.650. The van der Waals surface area contributed by atoms with E-state index in [1.165, 1.54) is 12.8 Å². The molecule has 0 aromatic heterocycles. The third-order valence-electron chi connectivity index (χ3n) is 3.88. The van der Waals surface area contributed by atoms with Crippen LogP contribution in [0.3, 0.4) is 0 Å². The predicted octanol–water partition coefficient (Wildman–Crippen LogP) is 0.164. The third kappa shape index (κ3) is 5.09. The SMILES string of the molecule is C[C@H](NC(=O)CN1CCO[C@@H](CN(C)C)C1)C1CC1. The molecule has 2 rings (SSSR count). The van der Waals surface area contributed by atoms with Crippen LogP contribution in [-0.4, -0.2) is 74.7 Å². The zero-order chi connectivity index (χ0) is 13.8. The third-order valence-corrected chi connectivity index (χ3v) is 3.88. The summed E-state index contributed by atoms with van der Waals surface area (Å²) in [5.74, 6) is 0.875. The number of morpholine rings is 1. The van der Waals surface area contributed by atoms with Crippen molar-refractivity contribution in [1.82, 2.24) is 15.1 Å². The molecule has 1 heterocycles. The zero-order valence-electron chi connectivity index (χ0n) is 12.4. The van der Waals surface area contributed by atoms with Gasteiger partial charge in [-0.25, -0.2) is 0 Å². The van der Waals surface area contributed by atoms with Crippen LogP contribution in [0.4, 0.5) is 0 Å². The fourth-order valence-electron chi connectivity index (χ4n) is 2.66. The Kier molecular flexibility index (Phi) is 5.19. The Labute approximate surface area is 116 Å². The first-order valence-corrected chi connectivity index (χ1v) is 7.32. The van der Waals surface area contributed by atoms with Crippen molar-refractivity contribution in [2.24, 2.45) is 5.92 Å². The van der Waals surface area contributed by atoms with E-state index in [0.717, 1.165) is 32.2 Å². The van der Waals surface area contributed by atoms with Crippen molar-refractivity contribution in [3.63, 3.8) is 0 Å². The molecule has 1 aliphatic heterocycles. The van der Waals surface area contributed by atoms with Gasteiger partial charge in [-0.15, -0.1) is 0 Å². The molecule has 2 atom stereocenters. The molecule has 1 amide bonds. The number of nitrogens with one attached hydrogen (secondary N) is 1. The maximum Gasteiger partial charge on any atom is 0.234 e. The molecule has 1 saturated heterocycles. The molecular weight excluding hydrogens is 242 g/mol. The fourth-order valence-corrected chi connectivity index (χ4v) is 2.66. The van der Waals surface area contributed by atoms with Crippen molar-refractivity contribution in [2.45, 2.75) is 31.9 Å². The number of carbonyl (C=O) groups is 1. The van der Waals surface area contributed by atoms with E-state index in [1.54, 1.807) is 0 Å². The summed E-state index contributed by atoms with van der Waals surface area (Å²) in [6, 6.07) is 0.339. The molecule has 0 aromatic carbocycles. The van der Waals surface area contributed by atoms with Gasteiger partial charge in [0.15, 0.2) is 0 Å². The average molecular weight is 269 g/mol. The Balaban J connectivity index is 1.70. The van der Waals surface area contributed by atoms with Crippen molar-refractivity contribution >= 4 is 5.91 Å². The molecule has 1 N–H and O–H groups in total. The van der Waals surface area contributed by atoms with Crippen molar-refractivity contribution in [2.75, 3.05) is 46.9 Å². The second-order valence-electron chi connectivity index (χ2n) is 6.18. The second-order valence-corrected chi connectivity index (χ2v) is 6.18. The van der Waals surface area contributed by atoms with Crippen LogP contribution in [-0.2, 0) is 9.53 Å². The van der Waals surface area contributed by atoms with E-state index >= 15 is 0 Å². The molecular formula is C14H27N3O2. The molecule has 5 nitrogen and oxygen atoms in total. The Morgan fingerprint density at radius 1 is 1.47 bits per heavy atom. The average Bonchev–Trinajstić information content (AvgIpc) is 3.11. The molecule has 110 valence electrons. The highest BCUT2D eigenvalue weighted by molar-refractivity contribution is 5.78. The standard InChI is InChI=1S/C14H27N3O2/c1-11(12-4-5-12)15-14(18)10-17-6-7-19-13(9-17)8-16(2)3/h11-13H,4-10H2,1-3H3,(H,15,18)/t11-,13-/m0/s1. The highest BCUT2D eigenvalue weighted by Crippen LogP contribution is 2.32. The number of carbonyl (C=O) groups excluding carboxylic acids is 1. The number of rotatable bonds is 6. The minimum atomic E-state index is 0.157. The zero-order valence-corrected chi connectivity index (χ0v) is 12.4. The highest BCUT2D eigenvalue weighted by Gasteiger charge is 2.29. The minimum absolute atomic E-state index is 0.157. The number of likely N-dealkylation sites (N-methyl/N-ethyl adjacent to an activating group) is 1. The molecule has 0 spiro atoms. The van der Waals surface area contributed by atoms with Crippen LogP contribution in [0.15, 0.2) is 0 Å². The molecule has 0 unspecified atom stereocenters. The normalized spacial score (nSPS) is 26.4. The Morgan fingerprint density at radius 2 is 2.21 bits per heavy atom. The summed E-state index contributed by atoms with van der Waals surface area (Å²) in [6.07, 6.45) is 2.76. The lowest BCUT2D eigenvalue weighted by atomic mass is 10.2. The van der Waals surface area contributed by atoms with Crippen LogP contribution in [0.5, 0.6) is 0 Å². The molecule has 19 heavy (non-hydrogen) atoms. The van der Waals surface area contributed by atoms with Gasteiger partial charge >= 0.3 is 0 Å². The summed E-state index contributed by atoms with van der Waals surface area (Å²) in [5, 5.41) is 3.11. The first-order valence-electron chi connectivity index (χ1n) is 7.32. The Bertz CT molecular complexity index is 305. The van der Waals surface area contributed by atoms with E-state index in [0.29, 0.717) is 12.6 Å². The summed E-state index contributed by atoms with van der Waals surface area (Å²) < 4.78 is 5.71.